The molecule has 0 saturated carbocycles. The molecule has 1 heterocycles. The number of benzene rings is 1. The maximum atomic E-state index is 5.26. The maximum absolute atomic E-state index is 5.26. The Bertz CT molecular complexity index is 503. The highest BCUT2D eigenvalue weighted by atomic mass is 15.3. The molecule has 2 heteroatoms. The van der Waals surface area contributed by atoms with Crippen LogP contribution in [-0.2, 0) is 13.5 Å². The van der Waals surface area contributed by atoms with E-state index in [1.54, 1.807) is 0 Å². The molecule has 0 aliphatic carbocycles. The molecule has 2 nitrogen and oxygen atoms in total. The molecule has 2 aromatic rings. The summed E-state index contributed by atoms with van der Waals surface area (Å²) in [6.07, 6.45) is 6.90. The Hall–Kier alpha value is -2.01. The van der Waals surface area contributed by atoms with Crippen molar-refractivity contribution in [3.63, 3.8) is 0 Å². The molecule has 0 unspecified atom stereocenters. The number of aromatic nitrogens is 2. The van der Waals surface area contributed by atoms with E-state index in [2.05, 4.69) is 29.2 Å². The van der Waals surface area contributed by atoms with Gasteiger partial charge in [0, 0.05) is 31.1 Å². The van der Waals surface area contributed by atoms with E-state index in [9.17, 15) is 0 Å². The zero-order valence-electron chi connectivity index (χ0n) is 9.35. The van der Waals surface area contributed by atoms with Gasteiger partial charge in [-0.3, -0.25) is 4.68 Å². The molecule has 0 radical (unpaired) electrons. The lowest BCUT2D eigenvalue weighted by Crippen LogP contribution is -1.97. The normalized spacial score (nSPS) is 10.0. The second-order valence-electron chi connectivity index (χ2n) is 3.71. The molecule has 2 rings (SSSR count). The van der Waals surface area contributed by atoms with Crippen molar-refractivity contribution in [2.75, 3.05) is 0 Å². The zero-order chi connectivity index (χ0) is 11.4. The van der Waals surface area contributed by atoms with Crippen LogP contribution in [0.25, 0.3) is 11.3 Å². The van der Waals surface area contributed by atoms with Crippen molar-refractivity contribution in [1.82, 2.24) is 9.78 Å². The van der Waals surface area contributed by atoms with Crippen molar-refractivity contribution in [2.45, 2.75) is 12.8 Å². The Balaban J connectivity index is 2.28. The third-order valence-electron chi connectivity index (χ3n) is 2.57. The molecule has 1 aromatic heterocycles. The molecular weight excluding hydrogens is 196 g/mol. The average molecular weight is 210 g/mol. The number of hydrogen-bond donors (Lipinski definition) is 0. The summed E-state index contributed by atoms with van der Waals surface area (Å²) >= 11 is 0. The largest absolute Gasteiger partial charge is 0.272 e. The molecule has 16 heavy (non-hydrogen) atoms. The second kappa shape index (κ2) is 4.67. The molecule has 0 spiro atoms. The van der Waals surface area contributed by atoms with Gasteiger partial charge in [-0.15, -0.1) is 12.3 Å². The molecule has 0 amide bonds. The third kappa shape index (κ3) is 2.14. The summed E-state index contributed by atoms with van der Waals surface area (Å²) in [7, 11) is 1.96. The van der Waals surface area contributed by atoms with E-state index in [0.717, 1.165) is 24.1 Å². The van der Waals surface area contributed by atoms with Crippen molar-refractivity contribution in [3.8, 4) is 23.6 Å². The van der Waals surface area contributed by atoms with Crippen LogP contribution < -0.4 is 0 Å². The molecule has 0 fully saturated rings. The monoisotopic (exact) mass is 210 g/mol. The van der Waals surface area contributed by atoms with E-state index in [1.807, 2.05) is 29.9 Å². The van der Waals surface area contributed by atoms with Crippen LogP contribution in [0.4, 0.5) is 0 Å². The van der Waals surface area contributed by atoms with Gasteiger partial charge in [-0.25, -0.2) is 0 Å². The molecular formula is C14H14N2. The Labute approximate surface area is 95.9 Å². The van der Waals surface area contributed by atoms with Gasteiger partial charge < -0.3 is 0 Å². The first-order valence-corrected chi connectivity index (χ1v) is 5.33. The minimum atomic E-state index is 0.758. The topological polar surface area (TPSA) is 17.8 Å². The average Bonchev–Trinajstić information content (AvgIpc) is 2.69. The van der Waals surface area contributed by atoms with Crippen molar-refractivity contribution >= 4 is 0 Å². The molecule has 1 aromatic carbocycles. The minimum Gasteiger partial charge on any atom is -0.272 e. The summed E-state index contributed by atoms with van der Waals surface area (Å²) in [6, 6.07) is 12.3. The van der Waals surface area contributed by atoms with Crippen LogP contribution in [0.3, 0.4) is 0 Å². The van der Waals surface area contributed by atoms with E-state index < -0.39 is 0 Å². The molecule has 0 aliphatic rings. The highest BCUT2D eigenvalue weighted by molar-refractivity contribution is 5.59. The van der Waals surface area contributed by atoms with Crippen LogP contribution >= 0.6 is 0 Å². The lowest BCUT2D eigenvalue weighted by atomic mass is 10.1. The fourth-order valence-corrected chi connectivity index (χ4v) is 1.69. The second-order valence-corrected chi connectivity index (χ2v) is 3.71. The molecule has 0 atom stereocenters. The quantitative estimate of drug-likeness (QED) is 0.712. The van der Waals surface area contributed by atoms with E-state index in [1.165, 1.54) is 5.69 Å². The van der Waals surface area contributed by atoms with Gasteiger partial charge in [0.1, 0.15) is 0 Å². The molecule has 0 saturated heterocycles. The van der Waals surface area contributed by atoms with Crippen LogP contribution in [0.1, 0.15) is 12.1 Å². The van der Waals surface area contributed by atoms with Crippen molar-refractivity contribution in [2.24, 2.45) is 7.05 Å². The SMILES string of the molecule is C#CCCc1cc(-c2ccccc2)nn1C. The van der Waals surface area contributed by atoms with Crippen molar-refractivity contribution in [1.29, 1.82) is 0 Å². The van der Waals surface area contributed by atoms with Crippen LogP contribution in [-0.4, -0.2) is 9.78 Å². The summed E-state index contributed by atoms with van der Waals surface area (Å²) in [5.41, 5.74) is 3.33. The van der Waals surface area contributed by atoms with E-state index in [4.69, 9.17) is 6.42 Å². The Kier molecular flexibility index (Phi) is 3.07. The standard InChI is InChI=1S/C14H14N2/c1-3-4-10-13-11-14(15-16(13)2)12-8-6-5-7-9-12/h1,5-9,11H,4,10H2,2H3. The van der Waals surface area contributed by atoms with Crippen LogP contribution in [0.2, 0.25) is 0 Å². The van der Waals surface area contributed by atoms with Gasteiger partial charge in [0.15, 0.2) is 0 Å². The van der Waals surface area contributed by atoms with E-state index in [0.29, 0.717) is 0 Å². The molecule has 0 aliphatic heterocycles. The summed E-state index contributed by atoms with van der Waals surface area (Å²) in [6.45, 7) is 0. The Morgan fingerprint density at radius 1 is 1.31 bits per heavy atom. The molecule has 0 bridgehead atoms. The van der Waals surface area contributed by atoms with Crippen LogP contribution in [0.5, 0.6) is 0 Å². The first-order chi connectivity index (χ1) is 7.81. The lowest BCUT2D eigenvalue weighted by molar-refractivity contribution is 0.711. The maximum Gasteiger partial charge on any atom is 0.0925 e. The zero-order valence-corrected chi connectivity index (χ0v) is 9.35. The Morgan fingerprint density at radius 2 is 2.06 bits per heavy atom. The van der Waals surface area contributed by atoms with Gasteiger partial charge >= 0.3 is 0 Å². The summed E-state index contributed by atoms with van der Waals surface area (Å²) in [5.74, 6) is 2.65. The van der Waals surface area contributed by atoms with E-state index in [-0.39, 0.29) is 0 Å². The highest BCUT2D eigenvalue weighted by Gasteiger charge is 2.05. The number of aryl methyl sites for hydroxylation is 2. The lowest BCUT2D eigenvalue weighted by Gasteiger charge is -1.95. The van der Waals surface area contributed by atoms with Crippen molar-refractivity contribution in [3.05, 3.63) is 42.1 Å². The van der Waals surface area contributed by atoms with Gasteiger partial charge in [-0.1, -0.05) is 30.3 Å². The smallest absolute Gasteiger partial charge is 0.0925 e. The minimum absolute atomic E-state index is 0.758. The first kappa shape index (κ1) is 10.5. The van der Waals surface area contributed by atoms with Gasteiger partial charge in [0.25, 0.3) is 0 Å². The predicted molar refractivity (Wildman–Crippen MR) is 65.8 cm³/mol. The Morgan fingerprint density at radius 3 is 2.75 bits per heavy atom. The fourth-order valence-electron chi connectivity index (χ4n) is 1.69. The third-order valence-corrected chi connectivity index (χ3v) is 2.57. The number of hydrogen-bond acceptors (Lipinski definition) is 1. The summed E-state index contributed by atoms with van der Waals surface area (Å²) in [5, 5.41) is 4.48. The predicted octanol–water partition coefficient (Wildman–Crippen LogP) is 2.65. The first-order valence-electron chi connectivity index (χ1n) is 5.33. The fraction of sp³-hybridized carbons (Fsp3) is 0.214. The summed E-state index contributed by atoms with van der Waals surface area (Å²) < 4.78 is 1.90. The van der Waals surface area contributed by atoms with Crippen LogP contribution in [0, 0.1) is 12.3 Å². The van der Waals surface area contributed by atoms with Gasteiger partial charge in [-0.2, -0.15) is 5.10 Å². The number of rotatable bonds is 3. The van der Waals surface area contributed by atoms with Gasteiger partial charge in [-0.05, 0) is 6.07 Å². The van der Waals surface area contributed by atoms with Gasteiger partial charge in [0.05, 0.1) is 5.69 Å². The van der Waals surface area contributed by atoms with Crippen molar-refractivity contribution < 1.29 is 0 Å². The molecule has 0 N–H and O–H groups in total. The molecule has 80 valence electrons. The number of terminal acetylenes is 1. The number of nitrogens with zero attached hydrogens (tertiary/aromatic N) is 2. The summed E-state index contributed by atoms with van der Waals surface area (Å²) in [4.78, 5) is 0. The highest BCUT2D eigenvalue weighted by Crippen LogP contribution is 2.18. The van der Waals surface area contributed by atoms with Crippen LogP contribution in [0.15, 0.2) is 36.4 Å². The van der Waals surface area contributed by atoms with E-state index >= 15 is 0 Å². The van der Waals surface area contributed by atoms with Gasteiger partial charge in [0.2, 0.25) is 0 Å².